The van der Waals surface area contributed by atoms with Gasteiger partial charge >= 0.3 is 5.97 Å². The summed E-state index contributed by atoms with van der Waals surface area (Å²) in [5.74, 6) is -0.408. The molecule has 7 heteroatoms. The van der Waals surface area contributed by atoms with E-state index in [-0.39, 0.29) is 0 Å². The lowest BCUT2D eigenvalue weighted by Gasteiger charge is -2.13. The third kappa shape index (κ3) is 2.80. The summed E-state index contributed by atoms with van der Waals surface area (Å²) in [6.07, 6.45) is 0. The molecule has 5 nitrogen and oxygen atoms in total. The summed E-state index contributed by atoms with van der Waals surface area (Å²) in [6.45, 7) is 0.678. The van der Waals surface area contributed by atoms with Gasteiger partial charge in [0.2, 0.25) is 0 Å². The van der Waals surface area contributed by atoms with Crippen LogP contribution in [-0.2, 0) is 11.3 Å². The summed E-state index contributed by atoms with van der Waals surface area (Å²) in [7, 11) is 3.26. The van der Waals surface area contributed by atoms with Gasteiger partial charge in [-0.05, 0) is 0 Å². The number of rotatable bonds is 4. The number of thiazole rings is 2. The van der Waals surface area contributed by atoms with Gasteiger partial charge in [0.05, 0.1) is 24.9 Å². The number of anilines is 1. The molecule has 2 heterocycles. The van der Waals surface area contributed by atoms with Crippen LogP contribution >= 0.6 is 22.7 Å². The van der Waals surface area contributed by atoms with Crippen molar-refractivity contribution in [2.75, 3.05) is 19.1 Å². The molecule has 0 radical (unpaired) electrons. The molecule has 90 valence electrons. The molecule has 0 N–H and O–H groups in total. The van der Waals surface area contributed by atoms with Gasteiger partial charge in [-0.1, -0.05) is 0 Å². The van der Waals surface area contributed by atoms with Gasteiger partial charge in [-0.2, -0.15) is 0 Å². The van der Waals surface area contributed by atoms with Gasteiger partial charge in [-0.25, -0.2) is 14.8 Å². The molecule has 0 fully saturated rings. The molecule has 2 aromatic rings. The fraction of sp³-hybridized carbons (Fsp3) is 0.300. The zero-order valence-corrected chi connectivity index (χ0v) is 11.0. The molecule has 0 spiro atoms. The summed E-state index contributed by atoms with van der Waals surface area (Å²) in [4.78, 5) is 21.6. The van der Waals surface area contributed by atoms with Gasteiger partial charge in [-0.3, -0.25) is 0 Å². The van der Waals surface area contributed by atoms with Crippen LogP contribution in [0.5, 0.6) is 0 Å². The molecule has 0 unspecified atom stereocenters. The van der Waals surface area contributed by atoms with Crippen LogP contribution in [0.25, 0.3) is 0 Å². The lowest BCUT2D eigenvalue weighted by atomic mass is 10.4. The summed E-state index contributed by atoms with van der Waals surface area (Å²) in [6, 6.07) is 0. The van der Waals surface area contributed by atoms with Gasteiger partial charge < -0.3 is 9.64 Å². The summed E-state index contributed by atoms with van der Waals surface area (Å²) in [5, 5.41) is 4.46. The lowest BCUT2D eigenvalue weighted by molar-refractivity contribution is 0.0595. The number of methoxy groups -OCH3 is 1. The third-order valence-corrected chi connectivity index (χ3v) is 3.69. The number of aromatic nitrogens is 2. The van der Waals surface area contributed by atoms with Gasteiger partial charge in [0.15, 0.2) is 10.8 Å². The van der Waals surface area contributed by atoms with E-state index in [4.69, 9.17) is 0 Å². The van der Waals surface area contributed by atoms with E-state index >= 15 is 0 Å². The van der Waals surface area contributed by atoms with Crippen molar-refractivity contribution in [2.45, 2.75) is 6.54 Å². The van der Waals surface area contributed by atoms with E-state index in [1.54, 1.807) is 22.2 Å². The van der Waals surface area contributed by atoms with Crippen molar-refractivity contribution in [1.29, 1.82) is 0 Å². The van der Waals surface area contributed by atoms with E-state index in [1.807, 2.05) is 17.3 Å². The highest BCUT2D eigenvalue weighted by molar-refractivity contribution is 7.13. The first-order valence-corrected chi connectivity index (χ1v) is 6.65. The maximum Gasteiger partial charge on any atom is 0.357 e. The molecule has 2 aromatic heterocycles. The largest absolute Gasteiger partial charge is 0.464 e. The second-order valence-electron chi connectivity index (χ2n) is 3.34. The first kappa shape index (κ1) is 12.0. The molecule has 0 bridgehead atoms. The van der Waals surface area contributed by atoms with Crippen molar-refractivity contribution < 1.29 is 9.53 Å². The Morgan fingerprint density at radius 1 is 1.53 bits per heavy atom. The van der Waals surface area contributed by atoms with E-state index < -0.39 is 5.97 Å². The SMILES string of the molecule is COC(=O)c1csc(N(C)Cc2cscn2)n1. The molecule has 17 heavy (non-hydrogen) atoms. The zero-order chi connectivity index (χ0) is 12.3. The Morgan fingerprint density at radius 2 is 2.35 bits per heavy atom. The lowest BCUT2D eigenvalue weighted by Crippen LogP contribution is -2.16. The standard InChI is InChI=1S/C10H11N3O2S2/c1-13(3-7-4-16-6-11-7)10-12-8(5-17-10)9(14)15-2/h4-6H,3H2,1-2H3. The minimum absolute atomic E-state index is 0.345. The highest BCUT2D eigenvalue weighted by Gasteiger charge is 2.13. The predicted octanol–water partition coefficient (Wildman–Crippen LogP) is 2.02. The molecular formula is C10H11N3O2S2. The van der Waals surface area contributed by atoms with Gasteiger partial charge in [0.25, 0.3) is 0 Å². The third-order valence-electron chi connectivity index (χ3n) is 2.10. The maximum absolute atomic E-state index is 11.3. The predicted molar refractivity (Wildman–Crippen MR) is 67.7 cm³/mol. The van der Waals surface area contributed by atoms with Crippen molar-refractivity contribution in [2.24, 2.45) is 0 Å². The quantitative estimate of drug-likeness (QED) is 0.795. The molecule has 0 saturated carbocycles. The Kier molecular flexibility index (Phi) is 3.70. The molecule has 0 atom stereocenters. The van der Waals surface area contributed by atoms with Gasteiger partial charge in [-0.15, -0.1) is 22.7 Å². The average molecular weight is 269 g/mol. The van der Waals surface area contributed by atoms with E-state index in [0.717, 1.165) is 10.8 Å². The van der Waals surface area contributed by atoms with Crippen molar-refractivity contribution in [3.05, 3.63) is 27.7 Å². The summed E-state index contributed by atoms with van der Waals surface area (Å²) >= 11 is 2.97. The van der Waals surface area contributed by atoms with E-state index in [0.29, 0.717) is 12.2 Å². The van der Waals surface area contributed by atoms with Crippen LogP contribution in [0.15, 0.2) is 16.3 Å². The molecule has 0 amide bonds. The van der Waals surface area contributed by atoms with Crippen molar-refractivity contribution >= 4 is 33.8 Å². The maximum atomic E-state index is 11.3. The van der Waals surface area contributed by atoms with Crippen LogP contribution in [0.2, 0.25) is 0 Å². The van der Waals surface area contributed by atoms with Crippen LogP contribution in [0, 0.1) is 0 Å². The number of hydrogen-bond acceptors (Lipinski definition) is 7. The topological polar surface area (TPSA) is 55.3 Å². The minimum Gasteiger partial charge on any atom is -0.464 e. The van der Waals surface area contributed by atoms with E-state index in [2.05, 4.69) is 14.7 Å². The number of esters is 1. The highest BCUT2D eigenvalue weighted by Crippen LogP contribution is 2.21. The van der Waals surface area contributed by atoms with Crippen LogP contribution < -0.4 is 4.90 Å². The zero-order valence-electron chi connectivity index (χ0n) is 9.41. The Morgan fingerprint density at radius 3 is 3.00 bits per heavy atom. The Labute approximate surface area is 107 Å². The monoisotopic (exact) mass is 269 g/mol. The second-order valence-corrected chi connectivity index (χ2v) is 4.90. The number of ether oxygens (including phenoxy) is 1. The summed E-state index contributed by atoms with van der Waals surface area (Å²) < 4.78 is 4.61. The smallest absolute Gasteiger partial charge is 0.357 e. The molecule has 0 aliphatic heterocycles. The highest BCUT2D eigenvalue weighted by atomic mass is 32.1. The number of carbonyl (C=O) groups excluding carboxylic acids is 1. The number of nitrogens with zero attached hydrogens (tertiary/aromatic N) is 3. The van der Waals surface area contributed by atoms with Crippen molar-refractivity contribution in [3.63, 3.8) is 0 Å². The van der Waals surface area contributed by atoms with Gasteiger partial charge in [0.1, 0.15) is 0 Å². The van der Waals surface area contributed by atoms with Crippen molar-refractivity contribution in [1.82, 2.24) is 9.97 Å². The molecule has 0 aliphatic rings. The van der Waals surface area contributed by atoms with Crippen LogP contribution in [0.4, 0.5) is 5.13 Å². The molecule has 0 saturated heterocycles. The minimum atomic E-state index is -0.408. The fourth-order valence-electron chi connectivity index (χ4n) is 1.26. The number of hydrogen-bond donors (Lipinski definition) is 0. The number of carbonyl (C=O) groups is 1. The second kappa shape index (κ2) is 5.24. The van der Waals surface area contributed by atoms with Gasteiger partial charge in [0, 0.05) is 17.8 Å². The van der Waals surface area contributed by atoms with Crippen LogP contribution in [-0.4, -0.2) is 30.1 Å². The van der Waals surface area contributed by atoms with Crippen LogP contribution in [0.1, 0.15) is 16.2 Å². The molecular weight excluding hydrogens is 258 g/mol. The summed E-state index contributed by atoms with van der Waals surface area (Å²) in [5.41, 5.74) is 3.13. The molecule has 0 aromatic carbocycles. The molecule has 2 rings (SSSR count). The fourth-order valence-corrected chi connectivity index (χ4v) is 2.58. The average Bonchev–Trinajstić information content (AvgIpc) is 2.98. The Hall–Kier alpha value is -1.47. The van der Waals surface area contributed by atoms with Crippen molar-refractivity contribution in [3.8, 4) is 0 Å². The van der Waals surface area contributed by atoms with E-state index in [9.17, 15) is 4.79 Å². The first-order chi connectivity index (χ1) is 8.20. The Balaban J connectivity index is 2.07. The van der Waals surface area contributed by atoms with E-state index in [1.165, 1.54) is 18.4 Å². The van der Waals surface area contributed by atoms with Crippen LogP contribution in [0.3, 0.4) is 0 Å². The molecule has 0 aliphatic carbocycles. The first-order valence-electron chi connectivity index (χ1n) is 4.82. The normalized spacial score (nSPS) is 10.2. The Bertz CT molecular complexity index is 495.